The van der Waals surface area contributed by atoms with Gasteiger partial charge in [0.25, 0.3) is 0 Å². The van der Waals surface area contributed by atoms with Crippen LogP contribution in [0, 0.1) is 0 Å². The summed E-state index contributed by atoms with van der Waals surface area (Å²) in [5.74, 6) is 0.0329. The molecule has 2 N–H and O–H groups in total. The topological polar surface area (TPSA) is 49.7 Å². The van der Waals surface area contributed by atoms with Crippen LogP contribution in [0.3, 0.4) is 0 Å². The molecule has 7 heteroatoms. The van der Waals surface area contributed by atoms with Gasteiger partial charge in [-0.2, -0.15) is 13.2 Å². The summed E-state index contributed by atoms with van der Waals surface area (Å²) in [4.78, 5) is 0. The van der Waals surface area contributed by atoms with Gasteiger partial charge in [-0.25, -0.2) is 0 Å². The SMILES string of the molecule is CCOc1ccc(C(F)(F)F)cc1B(O)O. The Morgan fingerprint density at radius 1 is 1.31 bits per heavy atom. The minimum atomic E-state index is -4.52. The maximum atomic E-state index is 12.3. The molecule has 0 aromatic heterocycles. The van der Waals surface area contributed by atoms with Crippen molar-refractivity contribution in [1.29, 1.82) is 0 Å². The lowest BCUT2D eigenvalue weighted by Gasteiger charge is -2.13. The van der Waals surface area contributed by atoms with Gasteiger partial charge in [-0.1, -0.05) is 0 Å². The van der Waals surface area contributed by atoms with E-state index in [1.54, 1.807) is 6.92 Å². The van der Waals surface area contributed by atoms with Crippen molar-refractivity contribution in [3.63, 3.8) is 0 Å². The second kappa shape index (κ2) is 4.75. The first-order chi connectivity index (χ1) is 7.36. The van der Waals surface area contributed by atoms with Crippen LogP contribution in [0.4, 0.5) is 13.2 Å². The van der Waals surface area contributed by atoms with Crippen LogP contribution in [0.15, 0.2) is 18.2 Å². The van der Waals surface area contributed by atoms with E-state index in [0.29, 0.717) is 6.07 Å². The summed E-state index contributed by atoms with van der Waals surface area (Å²) in [6.45, 7) is 1.87. The van der Waals surface area contributed by atoms with E-state index in [-0.39, 0.29) is 17.8 Å². The van der Waals surface area contributed by atoms with E-state index < -0.39 is 18.9 Å². The Labute approximate surface area is 90.6 Å². The molecule has 16 heavy (non-hydrogen) atoms. The molecule has 0 fully saturated rings. The monoisotopic (exact) mass is 234 g/mol. The van der Waals surface area contributed by atoms with Gasteiger partial charge in [0.2, 0.25) is 0 Å². The third kappa shape index (κ3) is 2.90. The van der Waals surface area contributed by atoms with E-state index in [4.69, 9.17) is 14.8 Å². The van der Waals surface area contributed by atoms with E-state index in [9.17, 15) is 13.2 Å². The van der Waals surface area contributed by atoms with Crippen molar-refractivity contribution in [3.8, 4) is 5.75 Å². The van der Waals surface area contributed by atoms with Crippen LogP contribution in [0.2, 0.25) is 0 Å². The van der Waals surface area contributed by atoms with Gasteiger partial charge in [-0.05, 0) is 25.1 Å². The summed E-state index contributed by atoms with van der Waals surface area (Å²) in [6.07, 6.45) is -4.52. The molecule has 0 heterocycles. The first-order valence-electron chi connectivity index (χ1n) is 4.56. The molecule has 0 aliphatic rings. The van der Waals surface area contributed by atoms with Crippen molar-refractivity contribution in [1.82, 2.24) is 0 Å². The average Bonchev–Trinajstić information content (AvgIpc) is 2.16. The Hall–Kier alpha value is -1.21. The van der Waals surface area contributed by atoms with Gasteiger partial charge >= 0.3 is 13.3 Å². The summed E-state index contributed by atoms with van der Waals surface area (Å²) in [5, 5.41) is 17.9. The van der Waals surface area contributed by atoms with Crippen molar-refractivity contribution in [2.75, 3.05) is 6.61 Å². The highest BCUT2D eigenvalue weighted by Gasteiger charge is 2.32. The van der Waals surface area contributed by atoms with E-state index in [2.05, 4.69) is 0 Å². The molecule has 0 spiro atoms. The predicted octanol–water partition coefficient (Wildman–Crippen LogP) is 0.784. The first kappa shape index (κ1) is 12.9. The van der Waals surface area contributed by atoms with Gasteiger partial charge in [-0.3, -0.25) is 0 Å². The molecule has 0 unspecified atom stereocenters. The zero-order valence-electron chi connectivity index (χ0n) is 8.45. The molecule has 3 nitrogen and oxygen atoms in total. The number of halogens is 3. The number of alkyl halides is 3. The van der Waals surface area contributed by atoms with Crippen molar-refractivity contribution in [2.24, 2.45) is 0 Å². The zero-order chi connectivity index (χ0) is 12.3. The third-order valence-corrected chi connectivity index (χ3v) is 1.92. The third-order valence-electron chi connectivity index (χ3n) is 1.92. The lowest BCUT2D eigenvalue weighted by molar-refractivity contribution is -0.137. The predicted molar refractivity (Wildman–Crippen MR) is 52.4 cm³/mol. The fourth-order valence-electron chi connectivity index (χ4n) is 1.21. The highest BCUT2D eigenvalue weighted by molar-refractivity contribution is 6.59. The van der Waals surface area contributed by atoms with E-state index in [0.717, 1.165) is 12.1 Å². The van der Waals surface area contributed by atoms with Crippen molar-refractivity contribution < 1.29 is 28.0 Å². The molecule has 0 aliphatic carbocycles. The van der Waals surface area contributed by atoms with Crippen LogP contribution in [0.5, 0.6) is 5.75 Å². The molecule has 0 radical (unpaired) electrons. The Morgan fingerprint density at radius 2 is 1.94 bits per heavy atom. The molecule has 0 saturated heterocycles. The van der Waals surface area contributed by atoms with Gasteiger partial charge in [-0.15, -0.1) is 0 Å². The standard InChI is InChI=1S/C9H10BF3O3/c1-2-16-8-4-3-6(9(11,12)13)5-7(8)10(14)15/h3-5,14-15H,2H2,1H3. The minimum absolute atomic E-state index is 0.0329. The molecule has 1 aromatic carbocycles. The number of ether oxygens (including phenoxy) is 1. The second-order valence-corrected chi connectivity index (χ2v) is 3.06. The van der Waals surface area contributed by atoms with Crippen LogP contribution < -0.4 is 10.2 Å². The summed E-state index contributed by atoms with van der Waals surface area (Å²) in [7, 11) is -2.00. The Morgan fingerprint density at radius 3 is 2.38 bits per heavy atom. The molecule has 0 amide bonds. The Balaban J connectivity index is 3.17. The highest BCUT2D eigenvalue weighted by Crippen LogP contribution is 2.29. The Bertz CT molecular complexity index is 366. The lowest BCUT2D eigenvalue weighted by atomic mass is 9.78. The zero-order valence-corrected chi connectivity index (χ0v) is 8.45. The molecule has 1 aromatic rings. The molecule has 0 saturated carbocycles. The van der Waals surface area contributed by atoms with Gasteiger partial charge in [0.05, 0.1) is 12.2 Å². The number of rotatable bonds is 3. The normalized spacial score (nSPS) is 11.4. The van der Waals surface area contributed by atoms with Crippen molar-refractivity contribution in [2.45, 2.75) is 13.1 Å². The Kier molecular flexibility index (Phi) is 3.82. The fourth-order valence-corrected chi connectivity index (χ4v) is 1.21. The van der Waals surface area contributed by atoms with Crippen LogP contribution in [0.25, 0.3) is 0 Å². The second-order valence-electron chi connectivity index (χ2n) is 3.06. The van der Waals surface area contributed by atoms with Crippen LogP contribution in [0.1, 0.15) is 12.5 Å². The molecule has 88 valence electrons. The smallest absolute Gasteiger partial charge is 0.492 e. The highest BCUT2D eigenvalue weighted by atomic mass is 19.4. The molecular formula is C9H10BF3O3. The van der Waals surface area contributed by atoms with E-state index >= 15 is 0 Å². The van der Waals surface area contributed by atoms with Gasteiger partial charge < -0.3 is 14.8 Å². The maximum Gasteiger partial charge on any atom is 0.492 e. The minimum Gasteiger partial charge on any atom is -0.494 e. The molecule has 0 atom stereocenters. The van der Waals surface area contributed by atoms with Gasteiger partial charge in [0, 0.05) is 5.46 Å². The molecule has 0 aliphatic heterocycles. The average molecular weight is 234 g/mol. The van der Waals surface area contributed by atoms with Crippen molar-refractivity contribution in [3.05, 3.63) is 23.8 Å². The van der Waals surface area contributed by atoms with Crippen LogP contribution >= 0.6 is 0 Å². The first-order valence-corrected chi connectivity index (χ1v) is 4.56. The van der Waals surface area contributed by atoms with Gasteiger partial charge in [0.15, 0.2) is 0 Å². The number of benzene rings is 1. The summed E-state index contributed by atoms with van der Waals surface area (Å²) in [5.41, 5.74) is -1.24. The maximum absolute atomic E-state index is 12.3. The van der Waals surface area contributed by atoms with E-state index in [1.165, 1.54) is 0 Å². The molecular weight excluding hydrogens is 224 g/mol. The summed E-state index contributed by atoms with van der Waals surface area (Å²) in [6, 6.07) is 2.56. The van der Waals surface area contributed by atoms with Crippen LogP contribution in [-0.4, -0.2) is 23.8 Å². The quantitative estimate of drug-likeness (QED) is 0.760. The number of hydrogen-bond acceptors (Lipinski definition) is 3. The molecule has 1 rings (SSSR count). The largest absolute Gasteiger partial charge is 0.494 e. The van der Waals surface area contributed by atoms with Gasteiger partial charge in [0.1, 0.15) is 5.75 Å². The van der Waals surface area contributed by atoms with E-state index in [1.807, 2.05) is 0 Å². The summed E-state index contributed by atoms with van der Waals surface area (Å²) < 4.78 is 42.0. The molecule has 0 bridgehead atoms. The van der Waals surface area contributed by atoms with Crippen LogP contribution in [-0.2, 0) is 6.18 Å². The van der Waals surface area contributed by atoms with Crippen molar-refractivity contribution >= 4 is 12.6 Å². The lowest BCUT2D eigenvalue weighted by Crippen LogP contribution is -2.32. The summed E-state index contributed by atoms with van der Waals surface area (Å²) >= 11 is 0. The number of hydrogen-bond donors (Lipinski definition) is 2. The fraction of sp³-hybridized carbons (Fsp3) is 0.333.